The fourth-order valence-electron chi connectivity index (χ4n) is 6.31. The molecule has 0 radical (unpaired) electrons. The summed E-state index contributed by atoms with van der Waals surface area (Å²) >= 11 is 0. The molecule has 5 heteroatoms. The van der Waals surface area contributed by atoms with Gasteiger partial charge in [0.05, 0.1) is 18.5 Å². The van der Waals surface area contributed by atoms with Crippen molar-refractivity contribution in [3.8, 4) is 0 Å². The predicted octanol–water partition coefficient (Wildman–Crippen LogP) is 4.00. The second kappa shape index (κ2) is 5.30. The van der Waals surface area contributed by atoms with Gasteiger partial charge in [-0.25, -0.2) is 0 Å². The van der Waals surface area contributed by atoms with Gasteiger partial charge in [0.2, 0.25) is 0 Å². The summed E-state index contributed by atoms with van der Waals surface area (Å²) in [5, 5.41) is 10.9. The van der Waals surface area contributed by atoms with Crippen LogP contribution in [0.2, 0.25) is 0 Å². The minimum Gasteiger partial charge on any atom is -0.469 e. The molecule has 0 aromatic heterocycles. The summed E-state index contributed by atoms with van der Waals surface area (Å²) < 4.78 is 4.96. The van der Waals surface area contributed by atoms with Crippen molar-refractivity contribution in [2.75, 3.05) is 7.11 Å². The summed E-state index contributed by atoms with van der Waals surface area (Å²) in [5.74, 6) is 1.24. The average Bonchev–Trinajstić information content (AvgIpc) is 2.53. The van der Waals surface area contributed by atoms with Gasteiger partial charge in [0.25, 0.3) is 5.69 Å². The molecule has 24 heavy (non-hydrogen) atoms. The Morgan fingerprint density at radius 2 is 1.83 bits per heavy atom. The highest BCUT2D eigenvalue weighted by Gasteiger charge is 2.58. The number of methoxy groups -OCH3 is 1. The zero-order valence-corrected chi connectivity index (χ0v) is 14.0. The van der Waals surface area contributed by atoms with E-state index in [1.165, 1.54) is 19.1 Å². The van der Waals surface area contributed by atoms with Gasteiger partial charge in [0.15, 0.2) is 0 Å². The highest BCUT2D eigenvalue weighted by Crippen LogP contribution is 2.66. The van der Waals surface area contributed by atoms with Crippen molar-refractivity contribution in [2.45, 2.75) is 50.4 Å². The molecule has 0 saturated heterocycles. The number of hydrogen-bond donors (Lipinski definition) is 0. The maximum absolute atomic E-state index is 12.0. The number of carbonyl (C=O) groups excluding carboxylic acids is 1. The van der Waals surface area contributed by atoms with Gasteiger partial charge in [0.1, 0.15) is 0 Å². The number of rotatable bonds is 4. The lowest BCUT2D eigenvalue weighted by Gasteiger charge is -2.62. The van der Waals surface area contributed by atoms with Crippen molar-refractivity contribution >= 4 is 11.7 Å². The minimum absolute atomic E-state index is 0.0684. The zero-order chi connectivity index (χ0) is 16.9. The summed E-state index contributed by atoms with van der Waals surface area (Å²) in [4.78, 5) is 22.5. The summed E-state index contributed by atoms with van der Waals surface area (Å²) in [6.45, 7) is 0. The van der Waals surface area contributed by atoms with Crippen LogP contribution in [0.5, 0.6) is 0 Å². The first kappa shape index (κ1) is 15.6. The van der Waals surface area contributed by atoms with Crippen molar-refractivity contribution in [2.24, 2.45) is 17.3 Å². The smallest absolute Gasteiger partial charge is 0.306 e. The lowest BCUT2D eigenvalue weighted by Crippen LogP contribution is -2.54. The molecule has 5 rings (SSSR count). The van der Waals surface area contributed by atoms with Crippen LogP contribution < -0.4 is 0 Å². The molecule has 1 aromatic rings. The minimum atomic E-state index is -0.345. The van der Waals surface area contributed by atoms with Gasteiger partial charge in [0, 0.05) is 12.1 Å². The van der Waals surface area contributed by atoms with E-state index in [2.05, 4.69) is 0 Å². The average molecular weight is 329 g/mol. The molecule has 4 fully saturated rings. The predicted molar refractivity (Wildman–Crippen MR) is 88.5 cm³/mol. The number of hydrogen-bond acceptors (Lipinski definition) is 4. The molecular weight excluding hydrogens is 306 g/mol. The van der Waals surface area contributed by atoms with E-state index >= 15 is 0 Å². The Morgan fingerprint density at radius 1 is 1.21 bits per heavy atom. The van der Waals surface area contributed by atoms with Gasteiger partial charge < -0.3 is 4.74 Å². The van der Waals surface area contributed by atoms with Crippen LogP contribution in [-0.2, 0) is 14.9 Å². The summed E-state index contributed by atoms with van der Waals surface area (Å²) in [7, 11) is 1.47. The lowest BCUT2D eigenvalue weighted by molar-refractivity contribution is -0.384. The molecule has 0 unspecified atom stereocenters. The van der Waals surface area contributed by atoms with Crippen LogP contribution in [0.1, 0.15) is 50.5 Å². The fourth-order valence-corrected chi connectivity index (χ4v) is 6.31. The van der Waals surface area contributed by atoms with Crippen molar-refractivity contribution in [1.82, 2.24) is 0 Å². The van der Waals surface area contributed by atoms with Crippen LogP contribution >= 0.6 is 0 Å². The molecule has 0 spiro atoms. The Hall–Kier alpha value is -1.91. The molecule has 128 valence electrons. The SMILES string of the molecule is COC(=O)CC12C[C@@H]3C[C@@H](C1)CC(c1ccc([N+](=O)[O-])cc1)(C3)C2. The molecule has 4 aliphatic carbocycles. The maximum atomic E-state index is 12.0. The molecule has 1 aromatic carbocycles. The number of nitro groups is 1. The first-order valence-electron chi connectivity index (χ1n) is 8.75. The normalized spacial score (nSPS) is 36.5. The van der Waals surface area contributed by atoms with Gasteiger partial charge in [-0.15, -0.1) is 0 Å². The second-order valence-electron chi connectivity index (χ2n) is 8.30. The summed E-state index contributed by atoms with van der Waals surface area (Å²) in [6, 6.07) is 7.13. The zero-order valence-electron chi connectivity index (χ0n) is 14.0. The highest BCUT2D eigenvalue weighted by molar-refractivity contribution is 5.70. The third kappa shape index (κ3) is 2.41. The Morgan fingerprint density at radius 3 is 2.38 bits per heavy atom. The van der Waals surface area contributed by atoms with Crippen molar-refractivity contribution in [3.05, 3.63) is 39.9 Å². The molecule has 0 amide bonds. The number of nitrogens with zero attached hydrogens (tertiary/aromatic N) is 1. The second-order valence-corrected chi connectivity index (χ2v) is 8.30. The number of nitro benzene ring substituents is 1. The molecule has 5 nitrogen and oxygen atoms in total. The molecular formula is C19H23NO4. The van der Waals surface area contributed by atoms with E-state index in [9.17, 15) is 14.9 Å². The number of carbonyl (C=O) groups is 1. The Balaban J connectivity index is 1.67. The monoisotopic (exact) mass is 329 g/mol. The maximum Gasteiger partial charge on any atom is 0.306 e. The molecule has 4 aliphatic rings. The van der Waals surface area contributed by atoms with Crippen LogP contribution in [0.25, 0.3) is 0 Å². The third-order valence-electron chi connectivity index (χ3n) is 6.62. The largest absolute Gasteiger partial charge is 0.469 e. The van der Waals surface area contributed by atoms with E-state index in [1.54, 1.807) is 12.1 Å². The van der Waals surface area contributed by atoms with E-state index in [-0.39, 0.29) is 27.4 Å². The van der Waals surface area contributed by atoms with Gasteiger partial charge >= 0.3 is 5.97 Å². The molecule has 0 aliphatic heterocycles. The van der Waals surface area contributed by atoms with Crippen LogP contribution in [0.4, 0.5) is 5.69 Å². The molecule has 0 N–H and O–H groups in total. The quantitative estimate of drug-likeness (QED) is 0.476. The summed E-state index contributed by atoms with van der Waals surface area (Å²) in [5.41, 5.74) is 1.52. The highest BCUT2D eigenvalue weighted by atomic mass is 16.6. The topological polar surface area (TPSA) is 69.4 Å². The Kier molecular flexibility index (Phi) is 3.44. The summed E-state index contributed by atoms with van der Waals surface area (Å²) in [6.07, 6.45) is 7.39. The van der Waals surface area contributed by atoms with Gasteiger partial charge in [-0.1, -0.05) is 12.1 Å². The molecule has 4 bridgehead atoms. The van der Waals surface area contributed by atoms with Gasteiger partial charge in [-0.2, -0.15) is 0 Å². The van der Waals surface area contributed by atoms with E-state index in [0.29, 0.717) is 18.3 Å². The van der Waals surface area contributed by atoms with Crippen LogP contribution in [0, 0.1) is 27.4 Å². The Labute approximate surface area is 141 Å². The molecule has 2 atom stereocenters. The number of benzene rings is 1. The fraction of sp³-hybridized carbons (Fsp3) is 0.632. The van der Waals surface area contributed by atoms with E-state index in [0.717, 1.165) is 32.1 Å². The van der Waals surface area contributed by atoms with E-state index in [1.807, 2.05) is 12.1 Å². The number of non-ortho nitro benzene ring substituents is 1. The van der Waals surface area contributed by atoms with E-state index < -0.39 is 0 Å². The first-order valence-corrected chi connectivity index (χ1v) is 8.75. The number of ether oxygens (including phenoxy) is 1. The first-order chi connectivity index (χ1) is 11.4. The van der Waals surface area contributed by atoms with Crippen LogP contribution in [0.15, 0.2) is 24.3 Å². The van der Waals surface area contributed by atoms with Crippen molar-refractivity contribution in [3.63, 3.8) is 0 Å². The number of esters is 1. The third-order valence-corrected chi connectivity index (χ3v) is 6.62. The molecule has 0 heterocycles. The Bertz CT molecular complexity index is 667. The van der Waals surface area contributed by atoms with Crippen molar-refractivity contribution in [1.29, 1.82) is 0 Å². The van der Waals surface area contributed by atoms with Gasteiger partial charge in [-0.3, -0.25) is 14.9 Å². The molecule has 4 saturated carbocycles. The van der Waals surface area contributed by atoms with E-state index in [4.69, 9.17) is 4.74 Å². The van der Waals surface area contributed by atoms with Crippen LogP contribution in [0.3, 0.4) is 0 Å². The standard InChI is InChI=1S/C19H23NO4/c1-24-17(21)11-18-7-13-6-14(8-18)10-19(9-13,12-18)15-2-4-16(5-3-15)20(22)23/h2-5,13-14H,6-12H2,1H3/t13-,14-,18?,19?/m0/s1. The van der Waals surface area contributed by atoms with Gasteiger partial charge in [-0.05, 0) is 66.8 Å². The van der Waals surface area contributed by atoms with Crippen LogP contribution in [-0.4, -0.2) is 18.0 Å². The van der Waals surface area contributed by atoms with Crippen molar-refractivity contribution < 1.29 is 14.5 Å². The lowest BCUT2D eigenvalue weighted by atomic mass is 9.42.